The smallest absolute Gasteiger partial charge is 0.0239 e. The highest BCUT2D eigenvalue weighted by atomic mass is 15.2. The molecular formula is C16H26N2. The molecule has 2 nitrogen and oxygen atoms in total. The summed E-state index contributed by atoms with van der Waals surface area (Å²) in [7, 11) is 0. The third kappa shape index (κ3) is 3.33. The van der Waals surface area contributed by atoms with Crippen LogP contribution in [-0.2, 0) is 13.1 Å². The van der Waals surface area contributed by atoms with Crippen molar-refractivity contribution >= 4 is 0 Å². The molecule has 2 N–H and O–H groups in total. The first-order valence-electron chi connectivity index (χ1n) is 7.36. The molecule has 0 amide bonds. The SMILES string of the molecule is CCC1CCCCCN1Cc1ccccc1CN. The molecule has 0 radical (unpaired) electrons. The average Bonchev–Trinajstić information content (AvgIpc) is 2.64. The van der Waals surface area contributed by atoms with E-state index in [9.17, 15) is 0 Å². The minimum absolute atomic E-state index is 0.654. The summed E-state index contributed by atoms with van der Waals surface area (Å²) in [5.41, 5.74) is 8.55. The van der Waals surface area contributed by atoms with E-state index >= 15 is 0 Å². The number of hydrogen-bond acceptors (Lipinski definition) is 2. The highest BCUT2D eigenvalue weighted by Crippen LogP contribution is 2.22. The van der Waals surface area contributed by atoms with Gasteiger partial charge in [-0.2, -0.15) is 0 Å². The topological polar surface area (TPSA) is 29.3 Å². The molecule has 1 aliphatic heterocycles. The van der Waals surface area contributed by atoms with Crippen molar-refractivity contribution < 1.29 is 0 Å². The van der Waals surface area contributed by atoms with Crippen LogP contribution in [0.15, 0.2) is 24.3 Å². The van der Waals surface area contributed by atoms with Crippen LogP contribution in [0.1, 0.15) is 50.2 Å². The zero-order valence-corrected chi connectivity index (χ0v) is 11.6. The molecule has 1 aromatic carbocycles. The van der Waals surface area contributed by atoms with Gasteiger partial charge in [0, 0.05) is 19.1 Å². The molecule has 2 rings (SSSR count). The number of likely N-dealkylation sites (tertiary alicyclic amines) is 1. The maximum atomic E-state index is 5.84. The van der Waals surface area contributed by atoms with E-state index in [1.54, 1.807) is 0 Å². The molecule has 1 heterocycles. The van der Waals surface area contributed by atoms with Crippen LogP contribution in [-0.4, -0.2) is 17.5 Å². The van der Waals surface area contributed by atoms with Gasteiger partial charge >= 0.3 is 0 Å². The number of nitrogens with two attached hydrogens (primary N) is 1. The Morgan fingerprint density at radius 2 is 1.94 bits per heavy atom. The van der Waals surface area contributed by atoms with Crippen molar-refractivity contribution in [3.63, 3.8) is 0 Å². The van der Waals surface area contributed by atoms with E-state index in [0.29, 0.717) is 6.54 Å². The molecule has 1 fully saturated rings. The van der Waals surface area contributed by atoms with E-state index in [1.807, 2.05) is 0 Å². The van der Waals surface area contributed by atoms with Gasteiger partial charge in [0.1, 0.15) is 0 Å². The molecule has 100 valence electrons. The first-order chi connectivity index (χ1) is 8.85. The highest BCUT2D eigenvalue weighted by molar-refractivity contribution is 5.26. The summed E-state index contributed by atoms with van der Waals surface area (Å²) in [5.74, 6) is 0. The summed E-state index contributed by atoms with van der Waals surface area (Å²) in [4.78, 5) is 2.67. The summed E-state index contributed by atoms with van der Waals surface area (Å²) in [6.07, 6.45) is 6.77. The number of rotatable bonds is 4. The lowest BCUT2D eigenvalue weighted by Gasteiger charge is -2.29. The van der Waals surface area contributed by atoms with Crippen molar-refractivity contribution in [2.24, 2.45) is 5.73 Å². The van der Waals surface area contributed by atoms with Gasteiger partial charge in [-0.15, -0.1) is 0 Å². The van der Waals surface area contributed by atoms with Crippen LogP contribution in [0.5, 0.6) is 0 Å². The molecule has 1 saturated heterocycles. The summed E-state index contributed by atoms with van der Waals surface area (Å²) >= 11 is 0. The fourth-order valence-electron chi connectivity index (χ4n) is 3.04. The number of hydrogen-bond donors (Lipinski definition) is 1. The fourth-order valence-corrected chi connectivity index (χ4v) is 3.04. The molecule has 1 atom stereocenters. The summed E-state index contributed by atoms with van der Waals surface area (Å²) < 4.78 is 0. The first kappa shape index (κ1) is 13.6. The van der Waals surface area contributed by atoms with Gasteiger partial charge in [0.2, 0.25) is 0 Å². The predicted octanol–water partition coefficient (Wildman–Crippen LogP) is 3.30. The maximum absolute atomic E-state index is 5.84. The Morgan fingerprint density at radius 3 is 2.67 bits per heavy atom. The molecule has 2 heteroatoms. The summed E-state index contributed by atoms with van der Waals surface area (Å²) in [5, 5.41) is 0. The third-order valence-electron chi connectivity index (χ3n) is 4.18. The zero-order chi connectivity index (χ0) is 12.8. The quantitative estimate of drug-likeness (QED) is 0.883. The van der Waals surface area contributed by atoms with E-state index in [1.165, 1.54) is 49.8 Å². The summed E-state index contributed by atoms with van der Waals surface area (Å²) in [6.45, 7) is 5.29. The van der Waals surface area contributed by atoms with Crippen molar-refractivity contribution in [1.82, 2.24) is 4.90 Å². The lowest BCUT2D eigenvalue weighted by atomic mass is 10.0. The molecule has 1 aromatic rings. The van der Waals surface area contributed by atoms with Crippen molar-refractivity contribution in [2.75, 3.05) is 6.54 Å². The molecule has 1 unspecified atom stereocenters. The van der Waals surface area contributed by atoms with E-state index in [0.717, 1.165) is 12.6 Å². The van der Waals surface area contributed by atoms with Gasteiger partial charge in [0.05, 0.1) is 0 Å². The van der Waals surface area contributed by atoms with Gasteiger partial charge in [0.25, 0.3) is 0 Å². The fraction of sp³-hybridized carbons (Fsp3) is 0.625. The Bertz CT molecular complexity index is 362. The normalized spacial score (nSPS) is 21.8. The standard InChI is InChI=1S/C16H26N2/c1-2-16-10-4-3-7-11-18(16)13-15-9-6-5-8-14(15)12-17/h5-6,8-9,16H,2-4,7,10-13,17H2,1H3. The zero-order valence-electron chi connectivity index (χ0n) is 11.6. The Hall–Kier alpha value is -0.860. The van der Waals surface area contributed by atoms with E-state index < -0.39 is 0 Å². The van der Waals surface area contributed by atoms with Crippen molar-refractivity contribution in [3.05, 3.63) is 35.4 Å². The Morgan fingerprint density at radius 1 is 1.17 bits per heavy atom. The number of nitrogens with zero attached hydrogens (tertiary/aromatic N) is 1. The predicted molar refractivity (Wildman–Crippen MR) is 77.3 cm³/mol. The van der Waals surface area contributed by atoms with Gasteiger partial charge in [-0.1, -0.05) is 44.0 Å². The molecule has 0 spiro atoms. The van der Waals surface area contributed by atoms with Crippen molar-refractivity contribution in [3.8, 4) is 0 Å². The Kier molecular flexibility index (Phi) is 5.21. The molecule has 0 aromatic heterocycles. The van der Waals surface area contributed by atoms with Crippen molar-refractivity contribution in [1.29, 1.82) is 0 Å². The van der Waals surface area contributed by atoms with Gasteiger partial charge in [0.15, 0.2) is 0 Å². The molecule has 0 bridgehead atoms. The Balaban J connectivity index is 2.10. The van der Waals surface area contributed by atoms with Crippen LogP contribution in [0, 0.1) is 0 Å². The van der Waals surface area contributed by atoms with Gasteiger partial charge in [-0.3, -0.25) is 4.90 Å². The van der Waals surface area contributed by atoms with Crippen LogP contribution < -0.4 is 5.73 Å². The van der Waals surface area contributed by atoms with E-state index in [-0.39, 0.29) is 0 Å². The molecule has 0 saturated carbocycles. The lowest BCUT2D eigenvalue weighted by Crippen LogP contribution is -2.34. The third-order valence-corrected chi connectivity index (χ3v) is 4.18. The molecule has 18 heavy (non-hydrogen) atoms. The average molecular weight is 246 g/mol. The molecule has 0 aliphatic carbocycles. The minimum Gasteiger partial charge on any atom is -0.326 e. The van der Waals surface area contributed by atoms with Crippen LogP contribution >= 0.6 is 0 Å². The van der Waals surface area contributed by atoms with E-state index in [2.05, 4.69) is 36.1 Å². The van der Waals surface area contributed by atoms with Crippen LogP contribution in [0.4, 0.5) is 0 Å². The maximum Gasteiger partial charge on any atom is 0.0239 e. The first-order valence-corrected chi connectivity index (χ1v) is 7.36. The summed E-state index contributed by atoms with van der Waals surface area (Å²) in [6, 6.07) is 9.38. The minimum atomic E-state index is 0.654. The second-order valence-electron chi connectivity index (χ2n) is 5.35. The van der Waals surface area contributed by atoms with Gasteiger partial charge in [-0.05, 0) is 36.9 Å². The molecular weight excluding hydrogens is 220 g/mol. The lowest BCUT2D eigenvalue weighted by molar-refractivity contribution is 0.185. The van der Waals surface area contributed by atoms with Crippen molar-refractivity contribution in [2.45, 2.75) is 58.2 Å². The number of benzene rings is 1. The van der Waals surface area contributed by atoms with Crippen LogP contribution in [0.25, 0.3) is 0 Å². The second kappa shape index (κ2) is 6.91. The Labute approximate surface area is 111 Å². The monoisotopic (exact) mass is 246 g/mol. The van der Waals surface area contributed by atoms with Gasteiger partial charge in [-0.25, -0.2) is 0 Å². The largest absolute Gasteiger partial charge is 0.326 e. The van der Waals surface area contributed by atoms with Gasteiger partial charge < -0.3 is 5.73 Å². The van der Waals surface area contributed by atoms with E-state index in [4.69, 9.17) is 5.73 Å². The second-order valence-corrected chi connectivity index (χ2v) is 5.35. The van der Waals surface area contributed by atoms with Crippen LogP contribution in [0.3, 0.4) is 0 Å². The van der Waals surface area contributed by atoms with Crippen LogP contribution in [0.2, 0.25) is 0 Å². The highest BCUT2D eigenvalue weighted by Gasteiger charge is 2.19. The molecule has 1 aliphatic rings.